The quantitative estimate of drug-likeness (QED) is 0.458. The van der Waals surface area contributed by atoms with Gasteiger partial charge in [-0.2, -0.15) is 0 Å². The number of benzene rings is 2. The van der Waals surface area contributed by atoms with Crippen molar-refractivity contribution in [1.29, 1.82) is 0 Å². The van der Waals surface area contributed by atoms with Crippen molar-refractivity contribution in [2.45, 2.75) is 35.4 Å². The highest BCUT2D eigenvalue weighted by atomic mass is 32.2. The highest BCUT2D eigenvalue weighted by Gasteiger charge is 2.47. The number of pyridine rings is 1. The third-order valence-electron chi connectivity index (χ3n) is 6.94. The van der Waals surface area contributed by atoms with Gasteiger partial charge in [0, 0.05) is 32.0 Å². The number of ether oxygens (including phenoxy) is 2. The van der Waals surface area contributed by atoms with Crippen LogP contribution in [0.4, 0.5) is 16.2 Å². The van der Waals surface area contributed by atoms with Crippen LogP contribution in [0.25, 0.3) is 0 Å². The Hall–Kier alpha value is -3.60. The lowest BCUT2D eigenvalue weighted by molar-refractivity contribution is -0.122. The Labute approximate surface area is 218 Å². The molecule has 190 valence electrons. The van der Waals surface area contributed by atoms with Gasteiger partial charge in [-0.1, -0.05) is 30.0 Å². The van der Waals surface area contributed by atoms with Crippen LogP contribution in [0, 0.1) is 6.92 Å². The van der Waals surface area contributed by atoms with Crippen molar-refractivity contribution in [2.75, 3.05) is 25.1 Å². The molecular weight excluding hydrogens is 490 g/mol. The van der Waals surface area contributed by atoms with Crippen LogP contribution in [0.15, 0.2) is 65.8 Å². The molecule has 2 unspecified atom stereocenters. The normalized spacial score (nSPS) is 23.9. The molecule has 2 aromatic carbocycles. The number of methoxy groups -OCH3 is 1. The van der Waals surface area contributed by atoms with Gasteiger partial charge in [0.15, 0.2) is 0 Å². The number of hydrogen-bond donors (Lipinski definition) is 3. The molecule has 1 aromatic heterocycles. The molecule has 0 radical (unpaired) electrons. The number of thioether (sulfide) groups is 1. The Kier molecular flexibility index (Phi) is 6.23. The van der Waals surface area contributed by atoms with E-state index in [-0.39, 0.29) is 24.1 Å². The van der Waals surface area contributed by atoms with Crippen molar-refractivity contribution >= 4 is 35.1 Å². The van der Waals surface area contributed by atoms with Crippen molar-refractivity contribution in [1.82, 2.24) is 20.9 Å². The van der Waals surface area contributed by atoms with Gasteiger partial charge in [-0.05, 0) is 48.9 Å². The molecule has 3 amide bonds. The second kappa shape index (κ2) is 9.70. The standard InChI is InChI=1S/C27H27N5O4S/c1-15-12-17(36-16-6-4-3-5-7-16)8-9-19(15)32-20-10-11-29-26-22(20)23(31-27(32)34)24(37-26)25(33)30-18-13-28-14-21(18)35-2/h3-12,18,21,23-24,28H,13-14H2,1-2H3,(H,30,33)(H,31,34)/t18-,21-,23?,24?/m0/s1. The van der Waals surface area contributed by atoms with E-state index in [4.69, 9.17) is 9.47 Å². The summed E-state index contributed by atoms with van der Waals surface area (Å²) in [5, 5.41) is 9.65. The van der Waals surface area contributed by atoms with E-state index >= 15 is 0 Å². The first-order valence-corrected chi connectivity index (χ1v) is 13.0. The summed E-state index contributed by atoms with van der Waals surface area (Å²) < 4.78 is 11.4. The largest absolute Gasteiger partial charge is 0.457 e. The summed E-state index contributed by atoms with van der Waals surface area (Å²) >= 11 is 1.38. The second-order valence-corrected chi connectivity index (χ2v) is 10.4. The van der Waals surface area contributed by atoms with Gasteiger partial charge in [-0.15, -0.1) is 0 Å². The van der Waals surface area contributed by atoms with Gasteiger partial charge in [0.2, 0.25) is 5.91 Å². The molecule has 10 heteroatoms. The summed E-state index contributed by atoms with van der Waals surface area (Å²) in [5.41, 5.74) is 3.22. The van der Waals surface area contributed by atoms with Gasteiger partial charge in [0.1, 0.15) is 21.8 Å². The second-order valence-electron chi connectivity index (χ2n) is 9.26. The number of carbonyl (C=O) groups excluding carboxylic acids is 2. The zero-order valence-electron chi connectivity index (χ0n) is 20.4. The van der Waals surface area contributed by atoms with Crippen LogP contribution in [0.3, 0.4) is 0 Å². The molecule has 3 aliphatic rings. The minimum atomic E-state index is -0.518. The molecule has 37 heavy (non-hydrogen) atoms. The van der Waals surface area contributed by atoms with Gasteiger partial charge in [0.25, 0.3) is 0 Å². The lowest BCUT2D eigenvalue weighted by Crippen LogP contribution is -2.52. The summed E-state index contributed by atoms with van der Waals surface area (Å²) in [6.45, 7) is 3.28. The summed E-state index contributed by atoms with van der Waals surface area (Å²) in [5.74, 6) is 1.29. The van der Waals surface area contributed by atoms with E-state index in [1.54, 1.807) is 18.2 Å². The van der Waals surface area contributed by atoms with Gasteiger partial charge >= 0.3 is 6.03 Å². The Morgan fingerprint density at radius 1 is 1.11 bits per heavy atom. The Morgan fingerprint density at radius 3 is 2.73 bits per heavy atom. The van der Waals surface area contributed by atoms with Gasteiger partial charge < -0.3 is 25.4 Å². The monoisotopic (exact) mass is 517 g/mol. The lowest BCUT2D eigenvalue weighted by Gasteiger charge is -2.35. The molecule has 3 aromatic rings. The number of para-hydroxylation sites is 1. The number of anilines is 2. The Morgan fingerprint density at radius 2 is 1.95 bits per heavy atom. The molecule has 3 aliphatic heterocycles. The van der Waals surface area contributed by atoms with Crippen molar-refractivity contribution in [2.24, 2.45) is 0 Å². The fourth-order valence-electron chi connectivity index (χ4n) is 5.14. The van der Waals surface area contributed by atoms with E-state index in [0.29, 0.717) is 18.8 Å². The van der Waals surface area contributed by atoms with E-state index in [9.17, 15) is 9.59 Å². The van der Waals surface area contributed by atoms with E-state index in [2.05, 4.69) is 20.9 Å². The molecule has 0 saturated carbocycles. The fourth-order valence-corrected chi connectivity index (χ4v) is 6.38. The van der Waals surface area contributed by atoms with Crippen molar-refractivity contribution in [3.05, 3.63) is 71.9 Å². The predicted molar refractivity (Wildman–Crippen MR) is 141 cm³/mol. The number of aryl methyl sites for hydroxylation is 1. The van der Waals surface area contributed by atoms with Crippen LogP contribution >= 0.6 is 11.8 Å². The number of hydrogen-bond acceptors (Lipinski definition) is 7. The maximum Gasteiger partial charge on any atom is 0.327 e. The molecule has 3 N–H and O–H groups in total. The number of carbonyl (C=O) groups is 2. The summed E-state index contributed by atoms with van der Waals surface area (Å²) in [4.78, 5) is 33.0. The van der Waals surface area contributed by atoms with E-state index in [1.165, 1.54) is 11.8 Å². The minimum Gasteiger partial charge on any atom is -0.457 e. The zero-order chi connectivity index (χ0) is 25.5. The first-order chi connectivity index (χ1) is 18.0. The number of amides is 3. The first-order valence-electron chi connectivity index (χ1n) is 12.2. The third-order valence-corrected chi connectivity index (χ3v) is 8.23. The molecule has 0 aliphatic carbocycles. The molecule has 1 saturated heterocycles. The summed E-state index contributed by atoms with van der Waals surface area (Å²) in [7, 11) is 1.64. The average molecular weight is 518 g/mol. The smallest absolute Gasteiger partial charge is 0.327 e. The van der Waals surface area contributed by atoms with Crippen LogP contribution < -0.4 is 25.6 Å². The molecular formula is C27H27N5O4S. The average Bonchev–Trinajstić information content (AvgIpc) is 3.50. The van der Waals surface area contributed by atoms with Crippen LogP contribution in [-0.4, -0.2) is 54.5 Å². The highest BCUT2D eigenvalue weighted by Crippen LogP contribution is 2.51. The van der Waals surface area contributed by atoms with E-state index in [0.717, 1.165) is 33.3 Å². The van der Waals surface area contributed by atoms with Crippen LogP contribution in [-0.2, 0) is 9.53 Å². The highest BCUT2D eigenvalue weighted by molar-refractivity contribution is 8.01. The minimum absolute atomic E-state index is 0.0836. The maximum absolute atomic E-state index is 13.5. The van der Waals surface area contributed by atoms with Gasteiger partial charge in [-0.25, -0.2) is 9.78 Å². The number of rotatable bonds is 6. The van der Waals surface area contributed by atoms with Crippen molar-refractivity contribution < 1.29 is 19.1 Å². The van der Waals surface area contributed by atoms with E-state index in [1.807, 2.05) is 61.5 Å². The van der Waals surface area contributed by atoms with Gasteiger partial charge in [-0.3, -0.25) is 9.69 Å². The zero-order valence-corrected chi connectivity index (χ0v) is 21.2. The Bertz CT molecular complexity index is 1350. The SMILES string of the molecule is CO[C@H]1CNC[C@@H]1NC(=O)C1Sc2nccc3c2C1NC(=O)N3c1ccc(Oc2ccccc2)cc1C. The molecule has 1 fully saturated rings. The van der Waals surface area contributed by atoms with Crippen molar-refractivity contribution in [3.63, 3.8) is 0 Å². The molecule has 4 heterocycles. The Balaban J connectivity index is 1.27. The predicted octanol–water partition coefficient (Wildman–Crippen LogP) is 3.66. The van der Waals surface area contributed by atoms with Crippen LogP contribution in [0.2, 0.25) is 0 Å². The maximum atomic E-state index is 13.5. The molecule has 4 atom stereocenters. The lowest BCUT2D eigenvalue weighted by atomic mass is 9.99. The van der Waals surface area contributed by atoms with Crippen molar-refractivity contribution in [3.8, 4) is 11.5 Å². The summed E-state index contributed by atoms with van der Waals surface area (Å²) in [6, 6.07) is 16.2. The molecule has 0 bridgehead atoms. The number of nitrogens with one attached hydrogen (secondary N) is 3. The fraction of sp³-hybridized carbons (Fsp3) is 0.296. The number of urea groups is 1. The number of nitrogens with zero attached hydrogens (tertiary/aromatic N) is 2. The van der Waals surface area contributed by atoms with Crippen LogP contribution in [0.5, 0.6) is 11.5 Å². The molecule has 6 rings (SSSR count). The first kappa shape index (κ1) is 23.8. The number of aromatic nitrogens is 1. The van der Waals surface area contributed by atoms with Gasteiger partial charge in [0.05, 0.1) is 29.6 Å². The third kappa shape index (κ3) is 4.30. The molecule has 9 nitrogen and oxygen atoms in total. The van der Waals surface area contributed by atoms with Crippen LogP contribution in [0.1, 0.15) is 17.2 Å². The summed E-state index contributed by atoms with van der Waals surface area (Å²) in [6.07, 6.45) is 1.61. The van der Waals surface area contributed by atoms with E-state index < -0.39 is 11.3 Å². The molecule has 0 spiro atoms. The topological polar surface area (TPSA) is 105 Å².